The molecule has 4 rings (SSSR count). The molecule has 1 fully saturated rings. The van der Waals surface area contributed by atoms with Crippen molar-refractivity contribution in [2.24, 2.45) is 12.0 Å². The summed E-state index contributed by atoms with van der Waals surface area (Å²) in [5, 5.41) is 3.12. The van der Waals surface area contributed by atoms with Gasteiger partial charge in [-0.05, 0) is 54.6 Å². The van der Waals surface area contributed by atoms with Crippen LogP contribution in [0.25, 0.3) is 11.8 Å². The minimum atomic E-state index is -0.244. The number of methoxy groups -OCH3 is 1. The van der Waals surface area contributed by atoms with Crippen LogP contribution in [0.15, 0.2) is 69.3 Å². The van der Waals surface area contributed by atoms with E-state index in [9.17, 15) is 9.59 Å². The lowest BCUT2D eigenvalue weighted by Gasteiger charge is -2.07. The van der Waals surface area contributed by atoms with Crippen LogP contribution >= 0.6 is 11.8 Å². The number of aliphatic imine (C=N–C) groups is 1. The minimum absolute atomic E-state index is 0.240. The van der Waals surface area contributed by atoms with Crippen molar-refractivity contribution in [1.29, 1.82) is 0 Å². The number of nitrogens with one attached hydrogen (secondary N) is 1. The summed E-state index contributed by atoms with van der Waals surface area (Å²) >= 11 is 1.21. The van der Waals surface area contributed by atoms with Gasteiger partial charge in [-0.25, -0.2) is 9.67 Å². The molecular weight excluding hydrogens is 400 g/mol. The highest BCUT2D eigenvalue weighted by atomic mass is 32.2. The maximum atomic E-state index is 13.0. The maximum absolute atomic E-state index is 13.0. The van der Waals surface area contributed by atoms with Crippen LogP contribution in [0.5, 0.6) is 5.75 Å². The monoisotopic (exact) mass is 420 g/mol. The van der Waals surface area contributed by atoms with Crippen LogP contribution in [0.2, 0.25) is 0 Å². The molecule has 0 bridgehead atoms. The first-order valence-corrected chi connectivity index (χ1v) is 10.1. The number of benzene rings is 2. The van der Waals surface area contributed by atoms with Crippen molar-refractivity contribution < 1.29 is 9.53 Å². The van der Waals surface area contributed by atoms with Crippen molar-refractivity contribution >= 4 is 34.6 Å². The molecule has 1 saturated heterocycles. The van der Waals surface area contributed by atoms with Crippen LogP contribution in [0.4, 0.5) is 5.69 Å². The summed E-state index contributed by atoms with van der Waals surface area (Å²) in [4.78, 5) is 30.3. The maximum Gasteiger partial charge on any atom is 0.297 e. The van der Waals surface area contributed by atoms with Gasteiger partial charge in [0.2, 0.25) is 0 Å². The molecule has 3 aromatic rings. The van der Waals surface area contributed by atoms with E-state index in [1.165, 1.54) is 11.8 Å². The lowest BCUT2D eigenvalue weighted by molar-refractivity contribution is -0.115. The van der Waals surface area contributed by atoms with Gasteiger partial charge >= 0.3 is 0 Å². The molecule has 30 heavy (non-hydrogen) atoms. The Balaban J connectivity index is 1.66. The van der Waals surface area contributed by atoms with E-state index in [-0.39, 0.29) is 11.5 Å². The van der Waals surface area contributed by atoms with Crippen LogP contribution in [0.1, 0.15) is 11.3 Å². The van der Waals surface area contributed by atoms with E-state index in [0.29, 0.717) is 21.5 Å². The summed E-state index contributed by atoms with van der Waals surface area (Å²) in [5.41, 5.74) is 2.39. The number of para-hydroxylation sites is 1. The number of amidine groups is 1. The third kappa shape index (κ3) is 3.69. The van der Waals surface area contributed by atoms with Crippen LogP contribution in [-0.4, -0.2) is 27.5 Å². The molecule has 0 unspecified atom stereocenters. The Morgan fingerprint density at radius 1 is 1.07 bits per heavy atom. The predicted octanol–water partition coefficient (Wildman–Crippen LogP) is 3.38. The van der Waals surface area contributed by atoms with Crippen LogP contribution in [0, 0.1) is 6.92 Å². The zero-order chi connectivity index (χ0) is 21.3. The molecule has 7 nitrogen and oxygen atoms in total. The summed E-state index contributed by atoms with van der Waals surface area (Å²) in [6, 6.07) is 16.8. The summed E-state index contributed by atoms with van der Waals surface area (Å²) in [6.07, 6.45) is 1.78. The van der Waals surface area contributed by atoms with Crippen LogP contribution < -0.4 is 15.6 Å². The molecule has 1 aliphatic heterocycles. The molecular formula is C22H20N4O3S. The number of nitrogens with zero attached hydrogens (tertiary/aromatic N) is 3. The molecule has 152 valence electrons. The van der Waals surface area contributed by atoms with Crippen LogP contribution in [0.3, 0.4) is 0 Å². The second-order valence-corrected chi connectivity index (χ2v) is 7.70. The summed E-state index contributed by atoms with van der Waals surface area (Å²) in [7, 11) is 3.41. The average molecular weight is 420 g/mol. The molecule has 1 aliphatic rings. The zero-order valence-electron chi connectivity index (χ0n) is 16.7. The van der Waals surface area contributed by atoms with E-state index in [1.807, 2.05) is 68.6 Å². The second kappa shape index (κ2) is 8.08. The van der Waals surface area contributed by atoms with E-state index in [1.54, 1.807) is 22.5 Å². The Labute approximate surface area is 177 Å². The first-order valence-electron chi connectivity index (χ1n) is 9.25. The Hall–Kier alpha value is -3.52. The molecule has 1 aromatic heterocycles. The fourth-order valence-corrected chi connectivity index (χ4v) is 3.94. The Morgan fingerprint density at radius 2 is 1.77 bits per heavy atom. The third-order valence-corrected chi connectivity index (χ3v) is 5.71. The highest BCUT2D eigenvalue weighted by Gasteiger charge is 2.25. The van der Waals surface area contributed by atoms with Crippen molar-refractivity contribution in [2.75, 3.05) is 7.11 Å². The Kier molecular flexibility index (Phi) is 5.33. The van der Waals surface area contributed by atoms with Gasteiger partial charge in [0, 0.05) is 7.05 Å². The number of ether oxygens (including phenoxy) is 1. The standard InChI is InChI=1S/C22H20N4O3S/c1-14-19(21(28)26(25(14)2)16-7-5-4-6-8-16)23-22-24-20(27)18(30-22)13-15-9-11-17(29-3)12-10-15/h4-13H,1-3H3,(H,23,24,27)/b18-13+. The van der Waals surface area contributed by atoms with Gasteiger partial charge in [0.1, 0.15) is 5.75 Å². The molecule has 2 heterocycles. The van der Waals surface area contributed by atoms with Crippen LogP contribution in [-0.2, 0) is 11.8 Å². The number of hydrogen-bond donors (Lipinski definition) is 1. The number of aromatic nitrogens is 2. The van der Waals surface area contributed by atoms with E-state index >= 15 is 0 Å². The van der Waals surface area contributed by atoms with Gasteiger partial charge < -0.3 is 10.1 Å². The molecule has 0 aliphatic carbocycles. The Morgan fingerprint density at radius 3 is 2.43 bits per heavy atom. The summed E-state index contributed by atoms with van der Waals surface area (Å²) in [6.45, 7) is 1.83. The van der Waals surface area contributed by atoms with Gasteiger partial charge in [0.15, 0.2) is 10.9 Å². The average Bonchev–Trinajstić information content (AvgIpc) is 3.20. The fraction of sp³-hybridized carbons (Fsp3) is 0.136. The van der Waals surface area contributed by atoms with E-state index < -0.39 is 0 Å². The normalized spacial score (nSPS) is 16.3. The molecule has 1 N–H and O–H groups in total. The third-order valence-electron chi connectivity index (χ3n) is 4.80. The topological polar surface area (TPSA) is 77.6 Å². The molecule has 0 radical (unpaired) electrons. The Bertz CT molecular complexity index is 1220. The molecule has 2 aromatic carbocycles. The van der Waals surface area contributed by atoms with E-state index in [0.717, 1.165) is 17.0 Å². The smallest absolute Gasteiger partial charge is 0.297 e. The highest BCUT2D eigenvalue weighted by Crippen LogP contribution is 2.28. The molecule has 0 atom stereocenters. The molecule has 0 saturated carbocycles. The van der Waals surface area contributed by atoms with Gasteiger partial charge in [-0.3, -0.25) is 14.3 Å². The minimum Gasteiger partial charge on any atom is -0.497 e. The number of carbonyl (C=O) groups is 1. The predicted molar refractivity (Wildman–Crippen MR) is 120 cm³/mol. The van der Waals surface area contributed by atoms with Gasteiger partial charge in [-0.1, -0.05) is 30.3 Å². The summed E-state index contributed by atoms with van der Waals surface area (Å²) in [5.74, 6) is 0.503. The largest absolute Gasteiger partial charge is 0.497 e. The van der Waals surface area contributed by atoms with Gasteiger partial charge in [0.05, 0.1) is 23.4 Å². The number of rotatable bonds is 4. The van der Waals surface area contributed by atoms with Crippen molar-refractivity contribution in [3.8, 4) is 11.4 Å². The number of carbonyl (C=O) groups excluding carboxylic acids is 1. The van der Waals surface area contributed by atoms with Crippen molar-refractivity contribution in [1.82, 2.24) is 14.7 Å². The van der Waals surface area contributed by atoms with Crippen molar-refractivity contribution in [3.05, 3.63) is 81.1 Å². The zero-order valence-corrected chi connectivity index (χ0v) is 17.6. The number of amides is 1. The first-order chi connectivity index (χ1) is 14.5. The van der Waals surface area contributed by atoms with Crippen molar-refractivity contribution in [3.63, 3.8) is 0 Å². The SMILES string of the molecule is COc1ccc(/C=C2/SC(=Nc3c(C)n(C)n(-c4ccccc4)c3=O)NC2=O)cc1. The number of thioether (sulfide) groups is 1. The molecule has 1 amide bonds. The van der Waals surface area contributed by atoms with Gasteiger partial charge in [-0.15, -0.1) is 0 Å². The highest BCUT2D eigenvalue weighted by molar-refractivity contribution is 8.18. The second-order valence-electron chi connectivity index (χ2n) is 6.67. The molecule has 8 heteroatoms. The lowest BCUT2D eigenvalue weighted by atomic mass is 10.2. The van der Waals surface area contributed by atoms with Gasteiger partial charge in [0.25, 0.3) is 11.5 Å². The molecule has 0 spiro atoms. The quantitative estimate of drug-likeness (QED) is 0.657. The van der Waals surface area contributed by atoms with E-state index in [2.05, 4.69) is 10.3 Å². The number of hydrogen-bond acceptors (Lipinski definition) is 5. The summed E-state index contributed by atoms with van der Waals surface area (Å²) < 4.78 is 8.47. The van der Waals surface area contributed by atoms with E-state index in [4.69, 9.17) is 4.74 Å². The fourth-order valence-electron chi connectivity index (χ4n) is 3.12. The van der Waals surface area contributed by atoms with Gasteiger partial charge in [-0.2, -0.15) is 0 Å². The first kappa shape index (κ1) is 19.8. The van der Waals surface area contributed by atoms with Crippen molar-refractivity contribution in [2.45, 2.75) is 6.92 Å². The lowest BCUT2D eigenvalue weighted by Crippen LogP contribution is -2.21.